The van der Waals surface area contributed by atoms with Crippen LogP contribution in [0.3, 0.4) is 0 Å². The Morgan fingerprint density at radius 1 is 1.04 bits per heavy atom. The first-order valence-electron chi connectivity index (χ1n) is 8.69. The minimum absolute atomic E-state index is 0.118. The van der Waals surface area contributed by atoms with Gasteiger partial charge in [0.05, 0.1) is 6.54 Å². The molecule has 1 atom stereocenters. The van der Waals surface area contributed by atoms with Crippen LogP contribution >= 0.6 is 11.6 Å². The van der Waals surface area contributed by atoms with Crippen molar-refractivity contribution in [2.75, 3.05) is 13.2 Å². The fourth-order valence-corrected chi connectivity index (χ4v) is 2.43. The fourth-order valence-electron chi connectivity index (χ4n) is 2.31. The highest BCUT2D eigenvalue weighted by Crippen LogP contribution is 2.24. The van der Waals surface area contributed by atoms with E-state index < -0.39 is 6.10 Å². The summed E-state index contributed by atoms with van der Waals surface area (Å²) in [5, 5.41) is 3.43. The van der Waals surface area contributed by atoms with E-state index in [0.717, 1.165) is 5.75 Å². The number of carbonyl (C=O) groups excluding carboxylic acids is 1. The third-order valence-corrected chi connectivity index (χ3v) is 4.14. The van der Waals surface area contributed by atoms with E-state index in [-0.39, 0.29) is 11.3 Å². The molecule has 0 radical (unpaired) electrons. The summed E-state index contributed by atoms with van der Waals surface area (Å²) in [6, 6.07) is 14.9. The van der Waals surface area contributed by atoms with Crippen molar-refractivity contribution in [1.82, 2.24) is 5.32 Å². The Hall–Kier alpha value is -2.20. The Bertz CT molecular complexity index is 706. The SMILES string of the molecule is CC(Oc1ccc(Cl)cc1)C(=O)NCCOc1ccc(C(C)(C)C)cc1. The molecule has 0 aliphatic rings. The Labute approximate surface area is 160 Å². The summed E-state index contributed by atoms with van der Waals surface area (Å²) in [6.45, 7) is 9.03. The number of carbonyl (C=O) groups is 1. The van der Waals surface area contributed by atoms with Crippen molar-refractivity contribution in [2.45, 2.75) is 39.2 Å². The van der Waals surface area contributed by atoms with Crippen LogP contribution in [0.1, 0.15) is 33.3 Å². The molecule has 1 unspecified atom stereocenters. The highest BCUT2D eigenvalue weighted by Gasteiger charge is 2.14. The molecular weight excluding hydrogens is 350 g/mol. The number of hydrogen-bond donors (Lipinski definition) is 1. The van der Waals surface area contributed by atoms with Gasteiger partial charge in [-0.25, -0.2) is 0 Å². The van der Waals surface area contributed by atoms with Gasteiger partial charge in [0.25, 0.3) is 5.91 Å². The molecule has 0 saturated carbocycles. The molecule has 0 aliphatic carbocycles. The maximum Gasteiger partial charge on any atom is 0.260 e. The highest BCUT2D eigenvalue weighted by molar-refractivity contribution is 6.30. The Kier molecular flexibility index (Phi) is 6.92. The lowest BCUT2D eigenvalue weighted by Gasteiger charge is -2.19. The van der Waals surface area contributed by atoms with Gasteiger partial charge in [-0.05, 0) is 54.3 Å². The third-order valence-electron chi connectivity index (χ3n) is 3.89. The molecule has 0 aromatic heterocycles. The summed E-state index contributed by atoms with van der Waals surface area (Å²) in [4.78, 5) is 12.1. The van der Waals surface area contributed by atoms with E-state index >= 15 is 0 Å². The number of rotatable bonds is 7. The van der Waals surface area contributed by atoms with Crippen LogP contribution in [0.15, 0.2) is 48.5 Å². The maximum atomic E-state index is 12.1. The lowest BCUT2D eigenvalue weighted by Crippen LogP contribution is -2.38. The number of hydrogen-bond acceptors (Lipinski definition) is 3. The van der Waals surface area contributed by atoms with Crippen molar-refractivity contribution in [3.8, 4) is 11.5 Å². The molecule has 2 rings (SSSR count). The van der Waals surface area contributed by atoms with E-state index in [1.54, 1.807) is 31.2 Å². The summed E-state index contributed by atoms with van der Waals surface area (Å²) in [5.74, 6) is 1.21. The zero-order valence-corrected chi connectivity index (χ0v) is 16.5. The standard InChI is InChI=1S/C21H26ClNO3/c1-15(26-19-11-7-17(22)8-12-19)20(24)23-13-14-25-18-9-5-16(6-10-18)21(2,3)4/h5-12,15H,13-14H2,1-4H3,(H,23,24). The van der Waals surface area contributed by atoms with E-state index in [1.807, 2.05) is 12.1 Å². The van der Waals surface area contributed by atoms with Gasteiger partial charge in [-0.1, -0.05) is 44.5 Å². The minimum atomic E-state index is -0.595. The first-order chi connectivity index (χ1) is 12.3. The van der Waals surface area contributed by atoms with E-state index in [4.69, 9.17) is 21.1 Å². The molecule has 0 heterocycles. The van der Waals surface area contributed by atoms with Crippen LogP contribution < -0.4 is 14.8 Å². The van der Waals surface area contributed by atoms with Crippen LogP contribution in [0.5, 0.6) is 11.5 Å². The molecule has 0 spiro atoms. The molecule has 0 bridgehead atoms. The molecule has 0 saturated heterocycles. The van der Waals surface area contributed by atoms with Crippen molar-refractivity contribution in [1.29, 1.82) is 0 Å². The van der Waals surface area contributed by atoms with Gasteiger partial charge >= 0.3 is 0 Å². The van der Waals surface area contributed by atoms with Gasteiger partial charge in [0.2, 0.25) is 0 Å². The summed E-state index contributed by atoms with van der Waals surface area (Å²) < 4.78 is 11.2. The van der Waals surface area contributed by atoms with Crippen molar-refractivity contribution in [3.63, 3.8) is 0 Å². The van der Waals surface area contributed by atoms with Crippen molar-refractivity contribution in [2.24, 2.45) is 0 Å². The number of halogens is 1. The van der Waals surface area contributed by atoms with E-state index in [9.17, 15) is 4.79 Å². The quantitative estimate of drug-likeness (QED) is 0.719. The van der Waals surface area contributed by atoms with Gasteiger partial charge in [0.15, 0.2) is 6.10 Å². The van der Waals surface area contributed by atoms with Crippen LogP contribution in [0, 0.1) is 0 Å². The van der Waals surface area contributed by atoms with Crippen LogP contribution in [0.25, 0.3) is 0 Å². The lowest BCUT2D eigenvalue weighted by atomic mass is 9.87. The molecule has 140 valence electrons. The summed E-state index contributed by atoms with van der Waals surface area (Å²) in [7, 11) is 0. The molecule has 1 N–H and O–H groups in total. The molecular formula is C21H26ClNO3. The smallest absolute Gasteiger partial charge is 0.260 e. The van der Waals surface area contributed by atoms with Crippen LogP contribution in [0.4, 0.5) is 0 Å². The minimum Gasteiger partial charge on any atom is -0.492 e. The number of benzene rings is 2. The molecule has 1 amide bonds. The molecule has 0 fully saturated rings. The largest absolute Gasteiger partial charge is 0.492 e. The molecule has 4 nitrogen and oxygen atoms in total. The topological polar surface area (TPSA) is 47.6 Å². The van der Waals surface area contributed by atoms with Gasteiger partial charge in [-0.3, -0.25) is 4.79 Å². The van der Waals surface area contributed by atoms with Crippen molar-refractivity contribution >= 4 is 17.5 Å². The monoisotopic (exact) mass is 375 g/mol. The van der Waals surface area contributed by atoms with Gasteiger partial charge in [-0.15, -0.1) is 0 Å². The van der Waals surface area contributed by atoms with Crippen LogP contribution in [-0.4, -0.2) is 25.2 Å². The predicted molar refractivity (Wildman–Crippen MR) is 105 cm³/mol. The molecule has 2 aromatic carbocycles. The van der Waals surface area contributed by atoms with Gasteiger partial charge in [-0.2, -0.15) is 0 Å². The molecule has 2 aromatic rings. The molecule has 26 heavy (non-hydrogen) atoms. The van der Waals surface area contributed by atoms with Crippen LogP contribution in [0.2, 0.25) is 5.02 Å². The van der Waals surface area contributed by atoms with Crippen molar-refractivity contribution in [3.05, 3.63) is 59.1 Å². The fraction of sp³-hybridized carbons (Fsp3) is 0.381. The average Bonchev–Trinajstić information content (AvgIpc) is 2.60. The lowest BCUT2D eigenvalue weighted by molar-refractivity contribution is -0.127. The van der Waals surface area contributed by atoms with E-state index in [0.29, 0.717) is 23.9 Å². The zero-order chi connectivity index (χ0) is 19.2. The van der Waals surface area contributed by atoms with Gasteiger partial charge in [0.1, 0.15) is 18.1 Å². The van der Waals surface area contributed by atoms with E-state index in [1.165, 1.54) is 5.56 Å². The average molecular weight is 376 g/mol. The molecule has 5 heteroatoms. The second kappa shape index (κ2) is 8.95. The second-order valence-electron chi connectivity index (χ2n) is 7.13. The van der Waals surface area contributed by atoms with E-state index in [2.05, 4.69) is 38.2 Å². The van der Waals surface area contributed by atoms with Crippen molar-refractivity contribution < 1.29 is 14.3 Å². The Balaban J connectivity index is 1.71. The normalized spacial score (nSPS) is 12.3. The summed E-state index contributed by atoms with van der Waals surface area (Å²) in [6.07, 6.45) is -0.595. The van der Waals surface area contributed by atoms with Crippen LogP contribution in [-0.2, 0) is 10.2 Å². The first kappa shape index (κ1) is 20.1. The maximum absolute atomic E-state index is 12.1. The Morgan fingerprint density at radius 2 is 1.62 bits per heavy atom. The summed E-state index contributed by atoms with van der Waals surface area (Å²) in [5.41, 5.74) is 1.37. The molecule has 0 aliphatic heterocycles. The Morgan fingerprint density at radius 3 is 2.19 bits per heavy atom. The van der Waals surface area contributed by atoms with Gasteiger partial charge < -0.3 is 14.8 Å². The third kappa shape index (κ3) is 6.26. The number of ether oxygens (including phenoxy) is 2. The van der Waals surface area contributed by atoms with Gasteiger partial charge in [0, 0.05) is 5.02 Å². The number of amides is 1. The number of nitrogens with one attached hydrogen (secondary N) is 1. The summed E-state index contributed by atoms with van der Waals surface area (Å²) >= 11 is 5.83. The zero-order valence-electron chi connectivity index (χ0n) is 15.7. The first-order valence-corrected chi connectivity index (χ1v) is 9.07. The second-order valence-corrected chi connectivity index (χ2v) is 7.56. The highest BCUT2D eigenvalue weighted by atomic mass is 35.5. The predicted octanol–water partition coefficient (Wildman–Crippen LogP) is 4.60.